The number of aromatic amines is 1. The first-order valence-electron chi connectivity index (χ1n) is 9.58. The van der Waals surface area contributed by atoms with Crippen molar-refractivity contribution in [3.63, 3.8) is 0 Å². The first kappa shape index (κ1) is 23.1. The largest absolute Gasteiger partial charge is 0.465 e. The number of hydrogen-bond donors (Lipinski definition) is 1. The van der Waals surface area contributed by atoms with E-state index in [0.717, 1.165) is 23.9 Å². The lowest BCUT2D eigenvalue weighted by atomic mass is 10.2. The number of carbonyl (C=O) groups is 1. The van der Waals surface area contributed by atoms with Crippen LogP contribution in [0, 0.1) is 10.1 Å². The van der Waals surface area contributed by atoms with Gasteiger partial charge in [-0.05, 0) is 18.2 Å². The van der Waals surface area contributed by atoms with Crippen molar-refractivity contribution in [1.29, 1.82) is 0 Å². The number of imidazole rings is 1. The molecule has 1 aromatic carbocycles. The van der Waals surface area contributed by atoms with Gasteiger partial charge in [-0.25, -0.2) is 18.2 Å². The number of aromatic nitrogens is 3. The second-order valence-corrected chi connectivity index (χ2v) is 8.69. The summed E-state index contributed by atoms with van der Waals surface area (Å²) in [7, 11) is -2.56. The van der Waals surface area contributed by atoms with E-state index in [-0.39, 0.29) is 22.8 Å². The maximum Gasteiger partial charge on any atom is 0.339 e. The van der Waals surface area contributed by atoms with Crippen LogP contribution in [0.2, 0.25) is 0 Å². The molecule has 1 N–H and O–H groups in total. The number of nitro groups is 1. The van der Waals surface area contributed by atoms with Gasteiger partial charge in [0.2, 0.25) is 10.0 Å². The highest BCUT2D eigenvalue weighted by molar-refractivity contribution is 7.89. The molecule has 0 unspecified atom stereocenters. The summed E-state index contributed by atoms with van der Waals surface area (Å²) in [6.07, 6.45) is 1.14. The number of hydrogen-bond acceptors (Lipinski definition) is 8. The van der Waals surface area contributed by atoms with E-state index in [1.165, 1.54) is 22.5 Å². The Labute approximate surface area is 182 Å². The zero-order valence-electron chi connectivity index (χ0n) is 17.6. The number of nitrogens with zero attached hydrogens (tertiary/aromatic N) is 4. The maximum atomic E-state index is 12.8. The molecule has 0 aliphatic carbocycles. The summed E-state index contributed by atoms with van der Waals surface area (Å²) >= 11 is 0. The molecule has 0 aliphatic rings. The van der Waals surface area contributed by atoms with E-state index in [1.807, 2.05) is 0 Å². The Morgan fingerprint density at radius 1 is 1.28 bits per heavy atom. The van der Waals surface area contributed by atoms with Crippen LogP contribution in [0.1, 0.15) is 30.0 Å². The van der Waals surface area contributed by atoms with Gasteiger partial charge < -0.3 is 14.3 Å². The van der Waals surface area contributed by atoms with Gasteiger partial charge in [-0.1, -0.05) is 13.8 Å². The lowest BCUT2D eigenvalue weighted by Crippen LogP contribution is -2.30. The fourth-order valence-electron chi connectivity index (χ4n) is 3.25. The third-order valence-electron chi connectivity index (χ3n) is 4.85. The summed E-state index contributed by atoms with van der Waals surface area (Å²) < 4.78 is 32.4. The highest BCUT2D eigenvalue weighted by atomic mass is 32.2. The van der Waals surface area contributed by atoms with Crippen molar-refractivity contribution in [3.8, 4) is 0 Å². The van der Waals surface area contributed by atoms with Crippen LogP contribution in [0.15, 0.2) is 40.2 Å². The number of esters is 1. The molecule has 0 saturated heterocycles. The molecule has 32 heavy (non-hydrogen) atoms. The van der Waals surface area contributed by atoms with E-state index in [4.69, 9.17) is 0 Å². The number of H-pyrrole nitrogens is 1. The summed E-state index contributed by atoms with van der Waals surface area (Å²) in [5, 5.41) is 11.2. The molecule has 13 heteroatoms. The van der Waals surface area contributed by atoms with Gasteiger partial charge in [0, 0.05) is 25.4 Å². The van der Waals surface area contributed by atoms with E-state index >= 15 is 0 Å². The van der Waals surface area contributed by atoms with Gasteiger partial charge in [0.1, 0.15) is 5.82 Å². The summed E-state index contributed by atoms with van der Waals surface area (Å²) in [4.78, 5) is 42.0. The minimum atomic E-state index is -3.68. The number of ether oxygens (including phenoxy) is 1. The lowest BCUT2D eigenvalue weighted by molar-refractivity contribution is -0.386. The monoisotopic (exact) mass is 463 g/mol. The minimum Gasteiger partial charge on any atom is -0.465 e. The molecule has 0 bridgehead atoms. The van der Waals surface area contributed by atoms with Crippen LogP contribution in [0.3, 0.4) is 0 Å². The van der Waals surface area contributed by atoms with Crippen LogP contribution < -0.4 is 5.56 Å². The topological polar surface area (TPSA) is 158 Å². The van der Waals surface area contributed by atoms with Gasteiger partial charge in [0.15, 0.2) is 0 Å². The van der Waals surface area contributed by atoms with E-state index in [9.17, 15) is 28.1 Å². The van der Waals surface area contributed by atoms with Crippen molar-refractivity contribution in [2.75, 3.05) is 20.2 Å². The van der Waals surface area contributed by atoms with Crippen molar-refractivity contribution < 1.29 is 22.9 Å². The molecule has 2 aromatic heterocycles. The number of nitrogens with one attached hydrogen (secondary N) is 1. The molecule has 170 valence electrons. The van der Waals surface area contributed by atoms with Crippen LogP contribution in [0.4, 0.5) is 5.69 Å². The highest BCUT2D eigenvalue weighted by Gasteiger charge is 2.23. The first-order chi connectivity index (χ1) is 15.1. The smallest absolute Gasteiger partial charge is 0.339 e. The predicted octanol–water partition coefficient (Wildman–Crippen LogP) is 1.50. The molecule has 12 nitrogen and oxygen atoms in total. The molecule has 2 heterocycles. The number of carbonyl (C=O) groups excluding carboxylic acids is 1. The number of pyridine rings is 1. The van der Waals surface area contributed by atoms with Crippen molar-refractivity contribution in [1.82, 2.24) is 18.8 Å². The number of fused-ring (bicyclic) bond motifs is 1. The van der Waals surface area contributed by atoms with Crippen LogP contribution in [0.5, 0.6) is 0 Å². The van der Waals surface area contributed by atoms with Crippen LogP contribution in [0.25, 0.3) is 11.0 Å². The summed E-state index contributed by atoms with van der Waals surface area (Å²) in [6, 6.07) is 5.26. The van der Waals surface area contributed by atoms with Crippen molar-refractivity contribution in [3.05, 3.63) is 62.3 Å². The molecule has 3 rings (SSSR count). The molecule has 0 fully saturated rings. The summed E-state index contributed by atoms with van der Waals surface area (Å²) in [5.41, 5.74) is -1.00. The molecule has 0 atom stereocenters. The first-order valence-corrected chi connectivity index (χ1v) is 11.0. The lowest BCUT2D eigenvalue weighted by Gasteiger charge is -2.18. The zero-order valence-corrected chi connectivity index (χ0v) is 18.4. The SMILES string of the molecule is CCN(CC)S(=O)(=O)c1ccc2nc(Cn3cc(C(=O)OC)cc([N+](=O)[O-])c3=O)[nH]c2c1. The Balaban J connectivity index is 2.04. The zero-order chi connectivity index (χ0) is 23.6. The van der Waals surface area contributed by atoms with Crippen molar-refractivity contribution in [2.24, 2.45) is 0 Å². The highest BCUT2D eigenvalue weighted by Crippen LogP contribution is 2.21. The molecule has 0 spiro atoms. The van der Waals surface area contributed by atoms with Gasteiger partial charge in [-0.2, -0.15) is 4.31 Å². The Morgan fingerprint density at radius 3 is 2.56 bits per heavy atom. The number of sulfonamides is 1. The summed E-state index contributed by atoms with van der Waals surface area (Å²) in [6.45, 7) is 3.92. The van der Waals surface area contributed by atoms with E-state index < -0.39 is 32.2 Å². The van der Waals surface area contributed by atoms with Crippen LogP contribution in [-0.2, 0) is 21.3 Å². The molecule has 0 saturated carbocycles. The van der Waals surface area contributed by atoms with Crippen molar-refractivity contribution in [2.45, 2.75) is 25.3 Å². The van der Waals surface area contributed by atoms with E-state index in [2.05, 4.69) is 14.7 Å². The maximum absolute atomic E-state index is 12.8. The fourth-order valence-corrected chi connectivity index (χ4v) is 4.73. The fraction of sp³-hybridized carbons (Fsp3) is 0.316. The minimum absolute atomic E-state index is 0.0874. The molecule has 0 radical (unpaired) electrons. The van der Waals surface area contributed by atoms with Gasteiger partial charge in [-0.15, -0.1) is 0 Å². The molecule has 3 aromatic rings. The standard InChI is InChI=1S/C19H21N5O7S/c1-4-23(5-2)32(29,30)13-6-7-14-15(9-13)21-17(20-14)11-22-10-12(19(26)31-3)8-16(18(22)25)24(27)28/h6-10H,4-5,11H2,1-3H3,(H,20,21). The Hall–Kier alpha value is -3.58. The quantitative estimate of drug-likeness (QED) is 0.299. The average Bonchev–Trinajstić information content (AvgIpc) is 3.16. The van der Waals surface area contributed by atoms with Gasteiger partial charge in [0.25, 0.3) is 0 Å². The Bertz CT molecular complexity index is 1360. The normalized spacial score (nSPS) is 11.8. The predicted molar refractivity (Wildman–Crippen MR) is 114 cm³/mol. The third-order valence-corrected chi connectivity index (χ3v) is 6.90. The van der Waals surface area contributed by atoms with Crippen LogP contribution >= 0.6 is 0 Å². The number of benzene rings is 1. The Kier molecular flexibility index (Phi) is 6.41. The third kappa shape index (κ3) is 4.24. The van der Waals surface area contributed by atoms with Gasteiger partial charge in [0.05, 0.1) is 40.1 Å². The molecule has 0 amide bonds. The average molecular weight is 463 g/mol. The van der Waals surface area contributed by atoms with Crippen molar-refractivity contribution >= 4 is 32.7 Å². The Morgan fingerprint density at radius 2 is 1.97 bits per heavy atom. The van der Waals surface area contributed by atoms with Crippen LogP contribution in [-0.4, -0.2) is 58.3 Å². The molecular formula is C19H21N5O7S. The van der Waals surface area contributed by atoms with E-state index in [1.54, 1.807) is 13.8 Å². The second kappa shape index (κ2) is 8.88. The number of methoxy groups -OCH3 is 1. The van der Waals surface area contributed by atoms with E-state index in [0.29, 0.717) is 24.1 Å². The number of rotatable bonds is 8. The van der Waals surface area contributed by atoms with Gasteiger partial charge >= 0.3 is 17.2 Å². The second-order valence-electron chi connectivity index (χ2n) is 6.75. The van der Waals surface area contributed by atoms with Gasteiger partial charge in [-0.3, -0.25) is 14.9 Å². The molecular weight excluding hydrogens is 442 g/mol. The molecule has 0 aliphatic heterocycles. The summed E-state index contributed by atoms with van der Waals surface area (Å²) in [5.74, 6) is -0.589.